The molecule has 8 atom stereocenters. The van der Waals surface area contributed by atoms with Crippen LogP contribution in [-0.4, -0.2) is 40.9 Å². The van der Waals surface area contributed by atoms with E-state index in [0.29, 0.717) is 35.8 Å². The first-order valence-corrected chi connectivity index (χ1v) is 13.4. The lowest BCUT2D eigenvalue weighted by Gasteiger charge is -2.57. The van der Waals surface area contributed by atoms with E-state index in [1.165, 1.54) is 32.4 Å². The van der Waals surface area contributed by atoms with E-state index in [9.17, 15) is 9.59 Å². The molecular formula is C28H39N3O4. The number of ether oxygens (including phenoxy) is 2. The number of methoxy groups -OCH3 is 1. The quantitative estimate of drug-likeness (QED) is 0.554. The number of hydrogen-bond donors (Lipinski definition) is 0. The van der Waals surface area contributed by atoms with Crippen LogP contribution in [0.15, 0.2) is 12.4 Å². The van der Waals surface area contributed by atoms with Gasteiger partial charge < -0.3 is 9.47 Å². The molecule has 0 aliphatic heterocycles. The van der Waals surface area contributed by atoms with E-state index in [1.807, 2.05) is 0 Å². The summed E-state index contributed by atoms with van der Waals surface area (Å²) in [6, 6.07) is 2.09. The van der Waals surface area contributed by atoms with E-state index in [0.717, 1.165) is 44.4 Å². The van der Waals surface area contributed by atoms with Crippen LogP contribution in [0.3, 0.4) is 0 Å². The minimum Gasteiger partial charge on any atom is -0.457 e. The van der Waals surface area contributed by atoms with E-state index in [2.05, 4.69) is 18.1 Å². The SMILES string of the molecule is COC[C@@]1(OC(C)=O)CC[C@H]2[C@H](CC[C@@H]3[C@@H]2CC[C@]2(C)[C@@H](C(=O)Cn4cc(C#N)cn4)CC[C@@H]32)C1. The first-order valence-electron chi connectivity index (χ1n) is 13.4. The Hall–Kier alpha value is -2.20. The van der Waals surface area contributed by atoms with Crippen LogP contribution in [0, 0.1) is 52.3 Å². The molecular weight excluding hydrogens is 442 g/mol. The van der Waals surface area contributed by atoms with Crippen molar-refractivity contribution in [2.75, 3.05) is 13.7 Å². The second-order valence-corrected chi connectivity index (χ2v) is 12.1. The van der Waals surface area contributed by atoms with Gasteiger partial charge in [0.15, 0.2) is 5.78 Å². The smallest absolute Gasteiger partial charge is 0.303 e. The minimum atomic E-state index is -0.458. The summed E-state index contributed by atoms with van der Waals surface area (Å²) >= 11 is 0. The van der Waals surface area contributed by atoms with Gasteiger partial charge in [0.25, 0.3) is 0 Å². The molecule has 4 fully saturated rings. The number of carbonyl (C=O) groups excluding carboxylic acids is 2. The molecule has 190 valence electrons. The molecule has 1 heterocycles. The molecule has 7 heteroatoms. The van der Waals surface area contributed by atoms with Gasteiger partial charge in [-0.1, -0.05) is 6.92 Å². The van der Waals surface area contributed by atoms with Gasteiger partial charge in [0.1, 0.15) is 11.7 Å². The minimum absolute atomic E-state index is 0.0719. The number of ketones is 1. The largest absolute Gasteiger partial charge is 0.457 e. The van der Waals surface area contributed by atoms with Crippen molar-refractivity contribution in [2.24, 2.45) is 40.9 Å². The Balaban J connectivity index is 1.28. The molecule has 4 aliphatic rings. The zero-order valence-electron chi connectivity index (χ0n) is 21.4. The van der Waals surface area contributed by atoms with Crippen LogP contribution >= 0.6 is 0 Å². The summed E-state index contributed by atoms with van der Waals surface area (Å²) < 4.78 is 13.0. The fraction of sp³-hybridized carbons (Fsp3) is 0.786. The normalized spacial score (nSPS) is 40.2. The third-order valence-corrected chi connectivity index (χ3v) is 10.3. The number of nitrogens with zero attached hydrogens (tertiary/aromatic N) is 3. The summed E-state index contributed by atoms with van der Waals surface area (Å²) in [6.45, 7) is 4.64. The van der Waals surface area contributed by atoms with Crippen molar-refractivity contribution >= 4 is 11.8 Å². The maximum atomic E-state index is 13.4. The molecule has 0 bridgehead atoms. The molecule has 0 spiro atoms. The lowest BCUT2D eigenvalue weighted by atomic mass is 9.49. The predicted octanol–water partition coefficient (Wildman–Crippen LogP) is 4.54. The molecule has 0 radical (unpaired) electrons. The number of carbonyl (C=O) groups is 2. The van der Waals surface area contributed by atoms with Crippen LogP contribution in [0.2, 0.25) is 0 Å². The number of rotatable bonds is 6. The van der Waals surface area contributed by atoms with Gasteiger partial charge in [-0.3, -0.25) is 14.3 Å². The number of aromatic nitrogens is 2. The lowest BCUT2D eigenvalue weighted by molar-refractivity contribution is -0.179. The van der Waals surface area contributed by atoms with Gasteiger partial charge >= 0.3 is 5.97 Å². The Labute approximate surface area is 208 Å². The van der Waals surface area contributed by atoms with Gasteiger partial charge in [0.05, 0.1) is 24.9 Å². The summed E-state index contributed by atoms with van der Waals surface area (Å²) in [7, 11) is 1.70. The molecule has 4 aliphatic carbocycles. The maximum Gasteiger partial charge on any atom is 0.303 e. The van der Waals surface area contributed by atoms with E-state index in [-0.39, 0.29) is 29.6 Å². The molecule has 35 heavy (non-hydrogen) atoms. The molecule has 0 unspecified atom stereocenters. The maximum absolute atomic E-state index is 13.4. The zero-order chi connectivity index (χ0) is 24.8. The van der Waals surface area contributed by atoms with Gasteiger partial charge in [-0.15, -0.1) is 0 Å². The molecule has 5 rings (SSSR count). The molecule has 4 saturated carbocycles. The third kappa shape index (κ3) is 4.33. The summed E-state index contributed by atoms with van der Waals surface area (Å²) in [6.07, 6.45) is 13.0. The molecule has 1 aromatic heterocycles. The second-order valence-electron chi connectivity index (χ2n) is 12.1. The van der Waals surface area contributed by atoms with E-state index < -0.39 is 5.60 Å². The first kappa shape index (κ1) is 24.5. The van der Waals surface area contributed by atoms with Crippen molar-refractivity contribution in [2.45, 2.75) is 83.8 Å². The van der Waals surface area contributed by atoms with Crippen LogP contribution < -0.4 is 0 Å². The first-order chi connectivity index (χ1) is 16.8. The topological polar surface area (TPSA) is 94.2 Å². The van der Waals surface area contributed by atoms with Crippen molar-refractivity contribution in [3.05, 3.63) is 18.0 Å². The Kier molecular flexibility index (Phi) is 6.54. The second kappa shape index (κ2) is 9.35. The van der Waals surface area contributed by atoms with Gasteiger partial charge in [-0.2, -0.15) is 10.4 Å². The van der Waals surface area contributed by atoms with Crippen molar-refractivity contribution < 1.29 is 19.1 Å². The molecule has 0 amide bonds. The van der Waals surface area contributed by atoms with Gasteiger partial charge in [0, 0.05) is 26.1 Å². The summed E-state index contributed by atoms with van der Waals surface area (Å²) in [5.41, 5.74) is 0.115. The standard InChI is InChI=1S/C28H39N3O4/c1-18(32)35-28(17-34-3)11-9-21-20(12-28)4-5-23-22(21)8-10-27(2)24(23)6-7-25(27)26(33)16-31-15-19(13-29)14-30-31/h14-15,20-25H,4-12,16-17H2,1-3H3/t20-,21+,22-,23-,24+,25-,27+,28-/m1/s1. The number of hydrogen-bond acceptors (Lipinski definition) is 6. The van der Waals surface area contributed by atoms with E-state index in [1.54, 1.807) is 18.0 Å². The van der Waals surface area contributed by atoms with Crippen molar-refractivity contribution in [3.8, 4) is 6.07 Å². The van der Waals surface area contributed by atoms with Crippen LogP contribution in [0.25, 0.3) is 0 Å². The highest BCUT2D eigenvalue weighted by Gasteiger charge is 2.59. The summed E-state index contributed by atoms with van der Waals surface area (Å²) in [5, 5.41) is 13.3. The van der Waals surface area contributed by atoms with Gasteiger partial charge in [-0.05, 0) is 92.8 Å². The molecule has 1 aromatic rings. The van der Waals surface area contributed by atoms with Crippen molar-refractivity contribution in [3.63, 3.8) is 0 Å². The van der Waals surface area contributed by atoms with E-state index >= 15 is 0 Å². The molecule has 7 nitrogen and oxygen atoms in total. The highest BCUT2D eigenvalue weighted by molar-refractivity contribution is 5.82. The summed E-state index contributed by atoms with van der Waals surface area (Å²) in [5.74, 6) is 3.49. The lowest BCUT2D eigenvalue weighted by Crippen LogP contribution is -2.53. The molecule has 0 N–H and O–H groups in total. The average molecular weight is 482 g/mol. The fourth-order valence-corrected chi connectivity index (χ4v) is 9.07. The van der Waals surface area contributed by atoms with Crippen LogP contribution in [-0.2, 0) is 25.6 Å². The molecule has 0 aromatic carbocycles. The zero-order valence-corrected chi connectivity index (χ0v) is 21.4. The van der Waals surface area contributed by atoms with Gasteiger partial charge in [0.2, 0.25) is 0 Å². The molecule has 0 saturated heterocycles. The number of esters is 1. The fourth-order valence-electron chi connectivity index (χ4n) is 9.07. The Morgan fingerprint density at radius 1 is 1.14 bits per heavy atom. The Morgan fingerprint density at radius 2 is 1.94 bits per heavy atom. The Bertz CT molecular complexity index is 1010. The third-order valence-electron chi connectivity index (χ3n) is 10.3. The highest BCUT2D eigenvalue weighted by Crippen LogP contribution is 2.65. The number of Topliss-reactive ketones (excluding diaryl/α,β-unsaturated/α-hetero) is 1. The Morgan fingerprint density at radius 3 is 2.66 bits per heavy atom. The summed E-state index contributed by atoms with van der Waals surface area (Å²) in [4.78, 5) is 25.2. The predicted molar refractivity (Wildman–Crippen MR) is 129 cm³/mol. The van der Waals surface area contributed by atoms with Crippen LogP contribution in [0.4, 0.5) is 0 Å². The number of nitriles is 1. The highest BCUT2D eigenvalue weighted by atomic mass is 16.6. The van der Waals surface area contributed by atoms with Crippen LogP contribution in [0.1, 0.15) is 77.2 Å². The van der Waals surface area contributed by atoms with E-state index in [4.69, 9.17) is 14.7 Å². The van der Waals surface area contributed by atoms with Crippen molar-refractivity contribution in [1.29, 1.82) is 5.26 Å². The number of fused-ring (bicyclic) bond motifs is 5. The van der Waals surface area contributed by atoms with Crippen molar-refractivity contribution in [1.82, 2.24) is 9.78 Å². The average Bonchev–Trinajstić information content (AvgIpc) is 3.41. The van der Waals surface area contributed by atoms with Gasteiger partial charge in [-0.25, -0.2) is 0 Å². The monoisotopic (exact) mass is 481 g/mol. The van der Waals surface area contributed by atoms with Crippen LogP contribution in [0.5, 0.6) is 0 Å².